The number of rotatable bonds is 8. The van der Waals surface area contributed by atoms with Crippen molar-refractivity contribution >= 4 is 21.8 Å². The minimum absolute atomic E-state index is 0.198. The summed E-state index contributed by atoms with van der Waals surface area (Å²) >= 11 is 0. The molecule has 0 aliphatic heterocycles. The molecule has 1 aromatic heterocycles. The number of amides is 2. The molecule has 8 heteroatoms. The fourth-order valence-electron chi connectivity index (χ4n) is 2.95. The van der Waals surface area contributed by atoms with Crippen LogP contribution in [0, 0.1) is 0 Å². The van der Waals surface area contributed by atoms with Crippen LogP contribution in [-0.4, -0.2) is 25.6 Å². The standard InChI is InChI=1S/C22H24N2O5S/c1-3-17-7-4-9-19(13-17)23-22(25)24(16-21-11-6-12-28-21)15-18-8-5-10-20(14-18)29-30(2,26)27/h4-14H,3,15-16H2,1-2H3,(H,23,25). The van der Waals surface area contributed by atoms with Crippen molar-refractivity contribution in [2.45, 2.75) is 26.4 Å². The van der Waals surface area contributed by atoms with Crippen LogP contribution in [0.4, 0.5) is 10.5 Å². The molecule has 0 aliphatic carbocycles. The van der Waals surface area contributed by atoms with Crippen molar-refractivity contribution < 1.29 is 21.8 Å². The monoisotopic (exact) mass is 428 g/mol. The zero-order valence-corrected chi connectivity index (χ0v) is 17.7. The highest BCUT2D eigenvalue weighted by molar-refractivity contribution is 7.86. The van der Waals surface area contributed by atoms with E-state index in [0.717, 1.165) is 23.8 Å². The number of nitrogens with zero attached hydrogens (tertiary/aromatic N) is 1. The second-order valence-corrected chi connectivity index (χ2v) is 8.43. The summed E-state index contributed by atoms with van der Waals surface area (Å²) in [6, 6.07) is 17.6. The van der Waals surface area contributed by atoms with Crippen LogP contribution < -0.4 is 9.50 Å². The topological polar surface area (TPSA) is 88.9 Å². The molecule has 0 fully saturated rings. The molecule has 0 radical (unpaired) electrons. The van der Waals surface area contributed by atoms with Gasteiger partial charge in [0.05, 0.1) is 19.1 Å². The fraction of sp³-hybridized carbons (Fsp3) is 0.227. The van der Waals surface area contributed by atoms with Crippen molar-refractivity contribution in [3.63, 3.8) is 0 Å². The third-order valence-electron chi connectivity index (χ3n) is 4.32. The Hall–Kier alpha value is -3.26. The van der Waals surface area contributed by atoms with Gasteiger partial charge >= 0.3 is 16.1 Å². The second-order valence-electron chi connectivity index (χ2n) is 6.85. The van der Waals surface area contributed by atoms with E-state index in [1.165, 1.54) is 0 Å². The quantitative estimate of drug-likeness (QED) is 0.537. The molecule has 30 heavy (non-hydrogen) atoms. The summed E-state index contributed by atoms with van der Waals surface area (Å²) in [5.41, 5.74) is 2.55. The van der Waals surface area contributed by atoms with Gasteiger partial charge < -0.3 is 18.8 Å². The normalized spacial score (nSPS) is 11.1. The van der Waals surface area contributed by atoms with E-state index in [4.69, 9.17) is 8.60 Å². The number of nitrogens with one attached hydrogen (secondary N) is 1. The molecule has 0 unspecified atom stereocenters. The highest BCUT2D eigenvalue weighted by atomic mass is 32.2. The number of carbonyl (C=O) groups is 1. The molecule has 0 saturated carbocycles. The molecule has 0 saturated heterocycles. The maximum absolute atomic E-state index is 13.0. The number of hydrogen-bond acceptors (Lipinski definition) is 5. The Morgan fingerprint density at radius 3 is 2.50 bits per heavy atom. The summed E-state index contributed by atoms with van der Waals surface area (Å²) in [4.78, 5) is 14.6. The van der Waals surface area contributed by atoms with E-state index < -0.39 is 10.1 Å². The maximum Gasteiger partial charge on any atom is 0.322 e. The van der Waals surface area contributed by atoms with Gasteiger partial charge in [-0.1, -0.05) is 31.2 Å². The van der Waals surface area contributed by atoms with Crippen molar-refractivity contribution in [1.82, 2.24) is 4.90 Å². The molecule has 0 atom stereocenters. The maximum atomic E-state index is 13.0. The van der Waals surface area contributed by atoms with E-state index in [2.05, 4.69) is 12.2 Å². The number of carbonyl (C=O) groups excluding carboxylic acids is 1. The third-order valence-corrected chi connectivity index (χ3v) is 4.82. The molecule has 0 aliphatic rings. The predicted molar refractivity (Wildman–Crippen MR) is 115 cm³/mol. The van der Waals surface area contributed by atoms with Crippen LogP contribution in [0.15, 0.2) is 71.3 Å². The SMILES string of the molecule is CCc1cccc(NC(=O)N(Cc2cccc(OS(C)(=O)=O)c2)Cc2ccco2)c1. The van der Waals surface area contributed by atoms with Gasteiger partial charge in [0.15, 0.2) is 0 Å². The Balaban J connectivity index is 1.80. The lowest BCUT2D eigenvalue weighted by atomic mass is 10.1. The van der Waals surface area contributed by atoms with Crippen LogP contribution in [-0.2, 0) is 29.6 Å². The molecule has 3 rings (SSSR count). The molecular weight excluding hydrogens is 404 g/mol. The number of benzene rings is 2. The van der Waals surface area contributed by atoms with Gasteiger partial charge in [-0.15, -0.1) is 0 Å². The summed E-state index contributed by atoms with van der Waals surface area (Å²) in [5.74, 6) is 0.833. The lowest BCUT2D eigenvalue weighted by Crippen LogP contribution is -2.34. The summed E-state index contributed by atoms with van der Waals surface area (Å²) in [7, 11) is -3.63. The van der Waals surface area contributed by atoms with Crippen LogP contribution in [0.1, 0.15) is 23.8 Å². The number of urea groups is 1. The van der Waals surface area contributed by atoms with Gasteiger partial charge in [-0.2, -0.15) is 8.42 Å². The third kappa shape index (κ3) is 6.38. The molecule has 7 nitrogen and oxygen atoms in total. The largest absolute Gasteiger partial charge is 0.467 e. The minimum atomic E-state index is -3.63. The van der Waals surface area contributed by atoms with E-state index in [1.54, 1.807) is 47.6 Å². The molecule has 3 aromatic rings. The molecule has 1 N–H and O–H groups in total. The molecule has 2 aromatic carbocycles. The van der Waals surface area contributed by atoms with Crippen molar-refractivity contribution in [2.24, 2.45) is 0 Å². The average molecular weight is 429 g/mol. The second kappa shape index (κ2) is 9.49. The smallest absolute Gasteiger partial charge is 0.322 e. The van der Waals surface area contributed by atoms with E-state index in [9.17, 15) is 13.2 Å². The highest BCUT2D eigenvalue weighted by Crippen LogP contribution is 2.19. The van der Waals surface area contributed by atoms with Crippen LogP contribution >= 0.6 is 0 Å². The summed E-state index contributed by atoms with van der Waals surface area (Å²) in [6.45, 7) is 2.54. The zero-order valence-electron chi connectivity index (χ0n) is 16.9. The Labute approximate surface area is 176 Å². The van der Waals surface area contributed by atoms with Crippen LogP contribution in [0.2, 0.25) is 0 Å². The molecule has 0 spiro atoms. The van der Waals surface area contributed by atoms with Crippen molar-refractivity contribution in [2.75, 3.05) is 11.6 Å². The number of anilines is 1. The number of aryl methyl sites for hydroxylation is 1. The van der Waals surface area contributed by atoms with E-state index >= 15 is 0 Å². The lowest BCUT2D eigenvalue weighted by Gasteiger charge is -2.23. The lowest BCUT2D eigenvalue weighted by molar-refractivity contribution is 0.201. The van der Waals surface area contributed by atoms with Crippen molar-refractivity contribution in [3.8, 4) is 5.75 Å². The first-order valence-electron chi connectivity index (χ1n) is 9.48. The van der Waals surface area contributed by atoms with Crippen molar-refractivity contribution in [1.29, 1.82) is 0 Å². The van der Waals surface area contributed by atoms with Crippen LogP contribution in [0.25, 0.3) is 0 Å². The molecule has 1 heterocycles. The van der Waals surface area contributed by atoms with Crippen LogP contribution in [0.5, 0.6) is 5.75 Å². The van der Waals surface area contributed by atoms with E-state index in [1.807, 2.05) is 24.3 Å². The van der Waals surface area contributed by atoms with Crippen LogP contribution in [0.3, 0.4) is 0 Å². The Morgan fingerprint density at radius 2 is 1.80 bits per heavy atom. The van der Waals surface area contributed by atoms with Gasteiger partial charge in [0.1, 0.15) is 11.5 Å². The Morgan fingerprint density at radius 1 is 1.03 bits per heavy atom. The summed E-state index contributed by atoms with van der Waals surface area (Å²) in [5, 5.41) is 2.92. The fourth-order valence-corrected chi connectivity index (χ4v) is 3.41. The Kier molecular flexibility index (Phi) is 6.79. The predicted octanol–water partition coefficient (Wildman–Crippen LogP) is 4.41. The van der Waals surface area contributed by atoms with Gasteiger partial charge in [0.2, 0.25) is 0 Å². The van der Waals surface area contributed by atoms with E-state index in [-0.39, 0.29) is 24.9 Å². The van der Waals surface area contributed by atoms with Gasteiger partial charge in [-0.3, -0.25) is 0 Å². The minimum Gasteiger partial charge on any atom is -0.467 e. The van der Waals surface area contributed by atoms with Gasteiger partial charge in [0, 0.05) is 12.2 Å². The first kappa shape index (κ1) is 21.4. The Bertz CT molecular complexity index is 1090. The molecule has 2 amide bonds. The first-order valence-corrected chi connectivity index (χ1v) is 11.3. The number of furan rings is 1. The van der Waals surface area contributed by atoms with Gasteiger partial charge in [0.25, 0.3) is 0 Å². The van der Waals surface area contributed by atoms with Gasteiger partial charge in [-0.05, 0) is 53.9 Å². The number of hydrogen-bond donors (Lipinski definition) is 1. The first-order chi connectivity index (χ1) is 14.3. The van der Waals surface area contributed by atoms with E-state index in [0.29, 0.717) is 11.4 Å². The summed E-state index contributed by atoms with van der Waals surface area (Å²) in [6.07, 6.45) is 3.41. The van der Waals surface area contributed by atoms with Crippen molar-refractivity contribution in [3.05, 3.63) is 83.8 Å². The molecule has 0 bridgehead atoms. The summed E-state index contributed by atoms with van der Waals surface area (Å²) < 4.78 is 33.1. The average Bonchev–Trinajstić information content (AvgIpc) is 3.20. The van der Waals surface area contributed by atoms with Gasteiger partial charge in [-0.25, -0.2) is 4.79 Å². The molecular formula is C22H24N2O5S. The molecule has 158 valence electrons. The highest BCUT2D eigenvalue weighted by Gasteiger charge is 2.17. The zero-order chi connectivity index (χ0) is 21.6.